The molecule has 1 aromatic rings. The van der Waals surface area contributed by atoms with Crippen LogP contribution in [-0.2, 0) is 0 Å². The molecule has 2 nitrogen and oxygen atoms in total. The van der Waals surface area contributed by atoms with Crippen LogP contribution in [0.15, 0.2) is 12.1 Å². The van der Waals surface area contributed by atoms with Crippen LogP contribution in [0.4, 0.5) is 8.78 Å². The normalized spacial score (nSPS) is 25.0. The summed E-state index contributed by atoms with van der Waals surface area (Å²) in [4.78, 5) is 0. The summed E-state index contributed by atoms with van der Waals surface area (Å²) >= 11 is 0. The molecule has 108 valence electrons. The topological polar surface area (TPSA) is 33.0 Å². The van der Waals surface area contributed by atoms with Crippen molar-refractivity contribution in [1.82, 2.24) is 0 Å². The Morgan fingerprint density at radius 2 is 1.85 bits per heavy atom. The van der Waals surface area contributed by atoms with E-state index >= 15 is 0 Å². The summed E-state index contributed by atoms with van der Waals surface area (Å²) in [6, 6.07) is 3.74. The number of benzene rings is 1. The standard InChI is InChI=1S/C16H19F2NO/c1-10-4-12(8-16(2,3)7-10)20-15-13(17)5-11(9-19)6-14(15)18/h5-6,10,12H,4,7-8H2,1-3H3. The number of halogens is 2. The molecule has 4 heteroatoms. The zero-order valence-corrected chi connectivity index (χ0v) is 12.0. The summed E-state index contributed by atoms with van der Waals surface area (Å²) in [6.07, 6.45) is 2.47. The van der Waals surface area contributed by atoms with Gasteiger partial charge in [-0.1, -0.05) is 20.8 Å². The first-order valence-corrected chi connectivity index (χ1v) is 6.86. The molecule has 2 atom stereocenters. The lowest BCUT2D eigenvalue weighted by molar-refractivity contribution is 0.0508. The number of rotatable bonds is 2. The minimum Gasteiger partial charge on any atom is -0.484 e. The van der Waals surface area contributed by atoms with Crippen LogP contribution in [0.2, 0.25) is 0 Å². The average Bonchev–Trinajstić information content (AvgIpc) is 2.31. The van der Waals surface area contributed by atoms with E-state index in [1.807, 2.05) is 0 Å². The van der Waals surface area contributed by atoms with Crippen LogP contribution in [-0.4, -0.2) is 6.10 Å². The van der Waals surface area contributed by atoms with Gasteiger partial charge in [-0.05, 0) is 42.7 Å². The molecular formula is C16H19F2NO. The Kier molecular flexibility index (Phi) is 3.99. The quantitative estimate of drug-likeness (QED) is 0.802. The largest absolute Gasteiger partial charge is 0.484 e. The van der Waals surface area contributed by atoms with E-state index in [0.29, 0.717) is 5.92 Å². The Morgan fingerprint density at radius 3 is 2.35 bits per heavy atom. The first-order chi connectivity index (χ1) is 9.30. The molecule has 0 saturated heterocycles. The summed E-state index contributed by atoms with van der Waals surface area (Å²) in [5.74, 6) is -1.51. The van der Waals surface area contributed by atoms with Crippen LogP contribution in [0, 0.1) is 34.3 Å². The fourth-order valence-electron chi connectivity index (χ4n) is 3.25. The Bertz CT molecular complexity index is 525. The van der Waals surface area contributed by atoms with Crippen LogP contribution < -0.4 is 4.74 Å². The lowest BCUT2D eigenvalue weighted by Crippen LogP contribution is -2.34. The van der Waals surface area contributed by atoms with Gasteiger partial charge in [-0.2, -0.15) is 5.26 Å². The molecule has 1 saturated carbocycles. The highest BCUT2D eigenvalue weighted by molar-refractivity contribution is 5.37. The molecule has 0 spiro atoms. The van der Waals surface area contributed by atoms with E-state index in [1.165, 1.54) is 0 Å². The molecule has 20 heavy (non-hydrogen) atoms. The third-order valence-corrected chi connectivity index (χ3v) is 3.76. The fraction of sp³-hybridized carbons (Fsp3) is 0.562. The van der Waals surface area contributed by atoms with E-state index in [0.717, 1.165) is 31.4 Å². The molecule has 0 N–H and O–H groups in total. The van der Waals surface area contributed by atoms with Crippen molar-refractivity contribution in [1.29, 1.82) is 5.26 Å². The molecule has 0 radical (unpaired) electrons. The summed E-state index contributed by atoms with van der Waals surface area (Å²) in [5, 5.41) is 8.68. The van der Waals surface area contributed by atoms with Crippen molar-refractivity contribution in [2.24, 2.45) is 11.3 Å². The van der Waals surface area contributed by atoms with Crippen molar-refractivity contribution < 1.29 is 13.5 Å². The molecule has 0 bridgehead atoms. The van der Waals surface area contributed by atoms with Gasteiger partial charge in [0, 0.05) is 0 Å². The first kappa shape index (κ1) is 14.8. The summed E-state index contributed by atoms with van der Waals surface area (Å²) in [7, 11) is 0. The molecule has 0 amide bonds. The van der Waals surface area contributed by atoms with E-state index in [4.69, 9.17) is 10.00 Å². The van der Waals surface area contributed by atoms with Crippen LogP contribution in [0.5, 0.6) is 5.75 Å². The van der Waals surface area contributed by atoms with Crippen molar-refractivity contribution in [2.45, 2.75) is 46.1 Å². The maximum Gasteiger partial charge on any atom is 0.191 e. The predicted molar refractivity (Wildman–Crippen MR) is 72.3 cm³/mol. The molecule has 1 aliphatic rings. The van der Waals surface area contributed by atoms with E-state index in [9.17, 15) is 8.78 Å². The first-order valence-electron chi connectivity index (χ1n) is 6.86. The molecule has 0 heterocycles. The predicted octanol–water partition coefficient (Wildman–Crippen LogP) is 4.43. The van der Waals surface area contributed by atoms with E-state index < -0.39 is 11.6 Å². The SMILES string of the molecule is CC1CC(Oc2c(F)cc(C#N)cc2F)CC(C)(C)C1. The highest BCUT2D eigenvalue weighted by Gasteiger charge is 2.34. The second-order valence-electron chi connectivity index (χ2n) is 6.53. The van der Waals surface area contributed by atoms with Crippen LogP contribution in [0.3, 0.4) is 0 Å². The number of hydrogen-bond acceptors (Lipinski definition) is 2. The lowest BCUT2D eigenvalue weighted by atomic mass is 9.71. The Hall–Kier alpha value is -1.63. The van der Waals surface area contributed by atoms with Gasteiger partial charge in [0.2, 0.25) is 0 Å². The zero-order chi connectivity index (χ0) is 14.9. The maximum atomic E-state index is 13.8. The molecule has 1 aliphatic carbocycles. The molecule has 0 aliphatic heterocycles. The van der Waals surface area contributed by atoms with Gasteiger partial charge in [-0.3, -0.25) is 0 Å². The minimum atomic E-state index is -0.808. The van der Waals surface area contributed by atoms with Crippen LogP contribution in [0.1, 0.15) is 45.6 Å². The van der Waals surface area contributed by atoms with Gasteiger partial charge in [-0.25, -0.2) is 8.78 Å². The molecule has 1 aromatic carbocycles. The van der Waals surface area contributed by atoms with Gasteiger partial charge >= 0.3 is 0 Å². The van der Waals surface area contributed by atoms with Gasteiger partial charge in [0.25, 0.3) is 0 Å². The third-order valence-electron chi connectivity index (χ3n) is 3.76. The zero-order valence-electron chi connectivity index (χ0n) is 12.0. The Labute approximate surface area is 118 Å². The minimum absolute atomic E-state index is 0.0373. The molecule has 2 unspecified atom stereocenters. The number of nitriles is 1. The van der Waals surface area contributed by atoms with Crippen molar-refractivity contribution in [2.75, 3.05) is 0 Å². The summed E-state index contributed by atoms with van der Waals surface area (Å²) < 4.78 is 33.2. The van der Waals surface area contributed by atoms with Gasteiger partial charge in [-0.15, -0.1) is 0 Å². The van der Waals surface area contributed by atoms with Crippen molar-refractivity contribution in [3.05, 3.63) is 29.3 Å². The second kappa shape index (κ2) is 5.40. The number of hydrogen-bond donors (Lipinski definition) is 0. The monoisotopic (exact) mass is 279 g/mol. The number of nitrogens with zero attached hydrogens (tertiary/aromatic N) is 1. The van der Waals surface area contributed by atoms with Crippen LogP contribution in [0.25, 0.3) is 0 Å². The second-order valence-corrected chi connectivity index (χ2v) is 6.53. The highest BCUT2D eigenvalue weighted by Crippen LogP contribution is 2.40. The highest BCUT2D eigenvalue weighted by atomic mass is 19.1. The van der Waals surface area contributed by atoms with Crippen molar-refractivity contribution in [3.8, 4) is 11.8 Å². The van der Waals surface area contributed by atoms with Gasteiger partial charge in [0.1, 0.15) is 0 Å². The molecule has 1 fully saturated rings. The van der Waals surface area contributed by atoms with E-state index in [-0.39, 0.29) is 22.8 Å². The van der Waals surface area contributed by atoms with Gasteiger partial charge in [0.15, 0.2) is 17.4 Å². The lowest BCUT2D eigenvalue weighted by Gasteiger charge is -2.38. The van der Waals surface area contributed by atoms with Crippen molar-refractivity contribution in [3.63, 3.8) is 0 Å². The molecule has 0 aromatic heterocycles. The Morgan fingerprint density at radius 1 is 1.25 bits per heavy atom. The molecular weight excluding hydrogens is 260 g/mol. The fourth-order valence-corrected chi connectivity index (χ4v) is 3.25. The van der Waals surface area contributed by atoms with E-state index in [2.05, 4.69) is 20.8 Å². The van der Waals surface area contributed by atoms with Crippen LogP contribution >= 0.6 is 0 Å². The summed E-state index contributed by atoms with van der Waals surface area (Å²) in [5.41, 5.74) is 0.0757. The smallest absolute Gasteiger partial charge is 0.191 e. The van der Waals surface area contributed by atoms with Gasteiger partial charge in [0.05, 0.1) is 17.7 Å². The molecule has 2 rings (SSSR count). The van der Waals surface area contributed by atoms with E-state index in [1.54, 1.807) is 6.07 Å². The summed E-state index contributed by atoms with van der Waals surface area (Å²) in [6.45, 7) is 6.41. The van der Waals surface area contributed by atoms with Crippen molar-refractivity contribution >= 4 is 0 Å². The maximum absolute atomic E-state index is 13.8. The van der Waals surface area contributed by atoms with Gasteiger partial charge < -0.3 is 4.74 Å². The average molecular weight is 279 g/mol. The third kappa shape index (κ3) is 3.27. The number of ether oxygens (including phenoxy) is 1. The Balaban J connectivity index is 2.20.